The molecule has 1 amide bonds. The van der Waals surface area contributed by atoms with Gasteiger partial charge in [-0.3, -0.25) is 4.79 Å². The summed E-state index contributed by atoms with van der Waals surface area (Å²) in [7, 11) is 0. The minimum absolute atomic E-state index is 0.102. The summed E-state index contributed by atoms with van der Waals surface area (Å²) in [5.74, 6) is 1.03. The maximum atomic E-state index is 13.5. The van der Waals surface area contributed by atoms with E-state index in [0.717, 1.165) is 11.3 Å². The maximum Gasteiger partial charge on any atom is 0.226 e. The number of halogens is 1. The summed E-state index contributed by atoms with van der Waals surface area (Å²) in [6.45, 7) is 4.44. The van der Waals surface area contributed by atoms with Gasteiger partial charge in [-0.2, -0.15) is 5.10 Å². The van der Waals surface area contributed by atoms with Crippen LogP contribution >= 0.6 is 0 Å². The van der Waals surface area contributed by atoms with Crippen LogP contribution in [0.15, 0.2) is 54.6 Å². The van der Waals surface area contributed by atoms with E-state index in [0.29, 0.717) is 62.9 Å². The third kappa shape index (κ3) is 4.94. The fourth-order valence-electron chi connectivity index (χ4n) is 3.68. The number of para-hydroxylation sites is 1. The second kappa shape index (κ2) is 9.75. The molecule has 0 atom stereocenters. The molecule has 4 rings (SSSR count). The van der Waals surface area contributed by atoms with E-state index in [4.69, 9.17) is 14.6 Å². The van der Waals surface area contributed by atoms with Gasteiger partial charge in [0.05, 0.1) is 24.6 Å². The van der Waals surface area contributed by atoms with Crippen molar-refractivity contribution >= 4 is 5.91 Å². The fraction of sp³-hybridized carbons (Fsp3) is 0.333. The molecule has 7 heteroatoms. The summed E-state index contributed by atoms with van der Waals surface area (Å²) in [6.07, 6.45) is 1.58. The van der Waals surface area contributed by atoms with Crippen molar-refractivity contribution in [2.24, 2.45) is 0 Å². The van der Waals surface area contributed by atoms with Crippen LogP contribution in [0.2, 0.25) is 0 Å². The first-order valence-electron chi connectivity index (χ1n) is 10.6. The first-order valence-corrected chi connectivity index (χ1v) is 10.6. The average Bonchev–Trinajstić information content (AvgIpc) is 3.16. The molecule has 1 saturated heterocycles. The predicted octanol–water partition coefficient (Wildman–Crippen LogP) is 4.16. The number of morpholine rings is 1. The van der Waals surface area contributed by atoms with Crippen LogP contribution in [0.1, 0.15) is 24.6 Å². The number of benzene rings is 2. The van der Waals surface area contributed by atoms with Crippen LogP contribution in [0.5, 0.6) is 11.6 Å². The Bertz CT molecular complexity index is 1010. The third-order valence-corrected chi connectivity index (χ3v) is 5.34. The number of amides is 1. The highest BCUT2D eigenvalue weighted by atomic mass is 19.1. The lowest BCUT2D eigenvalue weighted by atomic mass is 10.1. The van der Waals surface area contributed by atoms with Gasteiger partial charge in [-0.05, 0) is 49.2 Å². The molecule has 0 saturated carbocycles. The molecule has 31 heavy (non-hydrogen) atoms. The second-order valence-corrected chi connectivity index (χ2v) is 7.38. The fourth-order valence-corrected chi connectivity index (χ4v) is 3.68. The molecule has 0 aliphatic carbocycles. The highest BCUT2D eigenvalue weighted by Gasteiger charge is 2.23. The van der Waals surface area contributed by atoms with Crippen molar-refractivity contribution in [3.05, 3.63) is 71.7 Å². The van der Waals surface area contributed by atoms with Crippen molar-refractivity contribution in [2.45, 2.75) is 26.2 Å². The van der Waals surface area contributed by atoms with E-state index in [1.807, 2.05) is 42.2 Å². The van der Waals surface area contributed by atoms with Gasteiger partial charge >= 0.3 is 0 Å². The Morgan fingerprint density at radius 3 is 2.48 bits per heavy atom. The molecule has 1 fully saturated rings. The van der Waals surface area contributed by atoms with Gasteiger partial charge in [0, 0.05) is 25.1 Å². The molecule has 1 aromatic heterocycles. The van der Waals surface area contributed by atoms with Crippen molar-refractivity contribution in [1.82, 2.24) is 14.7 Å². The Kier molecular flexibility index (Phi) is 6.62. The summed E-state index contributed by atoms with van der Waals surface area (Å²) in [6, 6.07) is 15.6. The van der Waals surface area contributed by atoms with E-state index in [1.54, 1.807) is 16.8 Å². The van der Waals surface area contributed by atoms with Gasteiger partial charge in [-0.25, -0.2) is 9.07 Å². The molecular weight excluding hydrogens is 397 g/mol. The quantitative estimate of drug-likeness (QED) is 0.573. The zero-order valence-electron chi connectivity index (χ0n) is 17.6. The molecule has 3 aromatic rings. The van der Waals surface area contributed by atoms with Crippen LogP contribution < -0.4 is 4.74 Å². The molecule has 0 N–H and O–H groups in total. The molecule has 2 heterocycles. The monoisotopic (exact) mass is 423 g/mol. The number of hydrogen-bond acceptors (Lipinski definition) is 4. The van der Waals surface area contributed by atoms with Crippen LogP contribution in [0, 0.1) is 5.82 Å². The van der Waals surface area contributed by atoms with Gasteiger partial charge in [-0.1, -0.05) is 25.1 Å². The summed E-state index contributed by atoms with van der Waals surface area (Å²) in [5.41, 5.74) is 2.47. The number of hydrogen-bond donors (Lipinski definition) is 0. The topological polar surface area (TPSA) is 56.6 Å². The number of nitrogens with zero attached hydrogens (tertiary/aromatic N) is 3. The van der Waals surface area contributed by atoms with Gasteiger partial charge < -0.3 is 14.4 Å². The van der Waals surface area contributed by atoms with Crippen LogP contribution in [0.4, 0.5) is 4.39 Å². The largest absolute Gasteiger partial charge is 0.439 e. The van der Waals surface area contributed by atoms with Crippen molar-refractivity contribution in [3.63, 3.8) is 0 Å². The van der Waals surface area contributed by atoms with Crippen LogP contribution in [-0.4, -0.2) is 46.9 Å². The van der Waals surface area contributed by atoms with Gasteiger partial charge in [0.1, 0.15) is 11.6 Å². The summed E-state index contributed by atoms with van der Waals surface area (Å²) in [5, 5.41) is 4.74. The van der Waals surface area contributed by atoms with Crippen molar-refractivity contribution in [2.75, 3.05) is 26.3 Å². The molecule has 0 radical (unpaired) electrons. The molecular formula is C24H26FN3O3. The minimum Gasteiger partial charge on any atom is -0.439 e. The maximum absolute atomic E-state index is 13.5. The molecule has 0 unspecified atom stereocenters. The highest BCUT2D eigenvalue weighted by Crippen LogP contribution is 2.32. The normalized spacial score (nSPS) is 13.9. The first kappa shape index (κ1) is 21.1. The third-order valence-electron chi connectivity index (χ3n) is 5.34. The Hall–Kier alpha value is -3.19. The lowest BCUT2D eigenvalue weighted by Crippen LogP contribution is -2.40. The number of aryl methyl sites for hydroxylation is 1. The van der Waals surface area contributed by atoms with Gasteiger partial charge in [0.2, 0.25) is 11.8 Å². The zero-order chi connectivity index (χ0) is 21.6. The predicted molar refractivity (Wildman–Crippen MR) is 115 cm³/mol. The molecule has 6 nitrogen and oxygen atoms in total. The van der Waals surface area contributed by atoms with E-state index in [-0.39, 0.29) is 11.7 Å². The molecule has 0 bridgehead atoms. The molecule has 162 valence electrons. The SMILES string of the molecule is CCc1nn(-c2ccc(F)cc2)c(Oc2ccccc2)c1CCC(=O)N1CCOCC1. The lowest BCUT2D eigenvalue weighted by Gasteiger charge is -2.26. The first-order chi connectivity index (χ1) is 15.2. The number of ether oxygens (including phenoxy) is 2. The van der Waals surface area contributed by atoms with E-state index in [1.165, 1.54) is 12.1 Å². The molecule has 2 aromatic carbocycles. The van der Waals surface area contributed by atoms with Gasteiger partial charge in [0.15, 0.2) is 0 Å². The summed E-state index contributed by atoms with van der Waals surface area (Å²) in [4.78, 5) is 14.6. The standard InChI is InChI=1S/C24H26FN3O3/c1-2-22-21(12-13-23(29)27-14-16-30-17-15-27)24(31-20-6-4-3-5-7-20)28(26-22)19-10-8-18(25)9-11-19/h3-11H,2,12-17H2,1H3. The average molecular weight is 423 g/mol. The van der Waals surface area contributed by atoms with Gasteiger partial charge in [0.25, 0.3) is 0 Å². The van der Waals surface area contributed by atoms with Crippen molar-refractivity contribution in [3.8, 4) is 17.3 Å². The highest BCUT2D eigenvalue weighted by molar-refractivity contribution is 5.76. The molecule has 0 spiro atoms. The number of rotatable bonds is 7. The lowest BCUT2D eigenvalue weighted by molar-refractivity contribution is -0.135. The smallest absolute Gasteiger partial charge is 0.226 e. The Morgan fingerprint density at radius 1 is 1.10 bits per heavy atom. The van der Waals surface area contributed by atoms with Gasteiger partial charge in [-0.15, -0.1) is 0 Å². The number of aromatic nitrogens is 2. The molecule has 1 aliphatic heterocycles. The van der Waals surface area contributed by atoms with E-state index in [9.17, 15) is 9.18 Å². The Morgan fingerprint density at radius 2 is 1.81 bits per heavy atom. The number of carbonyl (C=O) groups excluding carboxylic acids is 1. The van der Waals surface area contributed by atoms with Crippen LogP contribution in [0.25, 0.3) is 5.69 Å². The number of carbonyl (C=O) groups is 1. The van der Waals surface area contributed by atoms with Crippen molar-refractivity contribution < 1.29 is 18.7 Å². The van der Waals surface area contributed by atoms with E-state index < -0.39 is 0 Å². The minimum atomic E-state index is -0.312. The van der Waals surface area contributed by atoms with Crippen LogP contribution in [-0.2, 0) is 22.4 Å². The molecule has 1 aliphatic rings. The van der Waals surface area contributed by atoms with E-state index in [2.05, 4.69) is 0 Å². The summed E-state index contributed by atoms with van der Waals surface area (Å²) < 4.78 is 26.8. The second-order valence-electron chi connectivity index (χ2n) is 7.38. The Labute approximate surface area is 181 Å². The zero-order valence-corrected chi connectivity index (χ0v) is 17.6. The van der Waals surface area contributed by atoms with Crippen LogP contribution in [0.3, 0.4) is 0 Å². The summed E-state index contributed by atoms with van der Waals surface area (Å²) >= 11 is 0. The Balaban J connectivity index is 1.66. The van der Waals surface area contributed by atoms with E-state index >= 15 is 0 Å². The van der Waals surface area contributed by atoms with Crippen molar-refractivity contribution in [1.29, 1.82) is 0 Å².